The average Bonchev–Trinajstić information content (AvgIpc) is 1.65. The van der Waals surface area contributed by atoms with Crippen LogP contribution in [0.2, 0.25) is 0 Å². The van der Waals surface area contributed by atoms with Gasteiger partial charge in [-0.05, 0) is 0 Å². The largest absolute Gasteiger partial charge is 0.632 e. The van der Waals surface area contributed by atoms with Gasteiger partial charge in [0.1, 0.15) is 0 Å². The second kappa shape index (κ2) is 1.99. The van der Waals surface area contributed by atoms with Gasteiger partial charge in [0.25, 0.3) is 0 Å². The van der Waals surface area contributed by atoms with Crippen molar-refractivity contribution in [3.63, 3.8) is 0 Å². The van der Waals surface area contributed by atoms with Crippen molar-refractivity contribution in [1.82, 2.24) is 5.32 Å². The average molecular weight is 117 g/mol. The van der Waals surface area contributed by atoms with Gasteiger partial charge >= 0.3 is 0 Å². The molecule has 0 bridgehead atoms. The summed E-state index contributed by atoms with van der Waals surface area (Å²) in [6.07, 6.45) is 0. The summed E-state index contributed by atoms with van der Waals surface area (Å²) >= 11 is 0. The minimum atomic E-state index is -1.31. The topological polar surface area (TPSA) is 58.1 Å². The van der Waals surface area contributed by atoms with E-state index in [9.17, 15) is 10.4 Å². The number of nitrogens with zero attached hydrogens (tertiary/aromatic N) is 1. The van der Waals surface area contributed by atoms with E-state index in [0.717, 1.165) is 0 Å². The molecule has 1 fully saturated rings. The second-order valence-electron chi connectivity index (χ2n) is 2.01. The molecule has 0 spiro atoms. The lowest BCUT2D eigenvalue weighted by Gasteiger charge is -2.49. The molecule has 8 heavy (non-hydrogen) atoms. The van der Waals surface area contributed by atoms with Gasteiger partial charge < -0.3 is 20.5 Å². The maximum atomic E-state index is 10.5. The van der Waals surface area contributed by atoms with Crippen LogP contribution in [-0.4, -0.2) is 31.0 Å². The molecular formula is C4H9N2O2-. The van der Waals surface area contributed by atoms with E-state index in [0.29, 0.717) is 13.1 Å². The van der Waals surface area contributed by atoms with Crippen molar-refractivity contribution >= 4 is 0 Å². The number of rotatable bonds is 0. The molecule has 0 atom stereocenters. The van der Waals surface area contributed by atoms with Crippen LogP contribution in [0.1, 0.15) is 0 Å². The van der Waals surface area contributed by atoms with Crippen molar-refractivity contribution in [2.45, 2.75) is 0 Å². The Balaban J connectivity index is 2.33. The summed E-state index contributed by atoms with van der Waals surface area (Å²) in [5, 5.41) is 23.9. The Morgan fingerprint density at radius 2 is 1.62 bits per heavy atom. The molecule has 0 aromatic rings. The third kappa shape index (κ3) is 1.41. The van der Waals surface area contributed by atoms with Crippen molar-refractivity contribution < 1.29 is 4.81 Å². The highest BCUT2D eigenvalue weighted by atomic mass is 16.8. The van der Waals surface area contributed by atoms with Crippen molar-refractivity contribution in [2.75, 3.05) is 26.2 Å². The first-order valence-electron chi connectivity index (χ1n) is 2.70. The first-order chi connectivity index (χ1) is 3.71. The summed E-state index contributed by atoms with van der Waals surface area (Å²) in [7, 11) is 0. The fourth-order valence-corrected chi connectivity index (χ4v) is 0.736. The smallest absolute Gasteiger partial charge is 0.0908 e. The Morgan fingerprint density at radius 3 is 1.88 bits per heavy atom. The van der Waals surface area contributed by atoms with E-state index in [2.05, 4.69) is 5.32 Å². The molecule has 1 saturated heterocycles. The maximum absolute atomic E-state index is 10.5. The summed E-state index contributed by atoms with van der Waals surface area (Å²) in [6.45, 7) is 1.46. The minimum absolute atomic E-state index is 0.167. The highest BCUT2D eigenvalue weighted by molar-refractivity contribution is 4.56. The van der Waals surface area contributed by atoms with Crippen LogP contribution < -0.4 is 5.32 Å². The van der Waals surface area contributed by atoms with E-state index in [4.69, 9.17) is 0 Å². The van der Waals surface area contributed by atoms with Crippen LogP contribution in [0.15, 0.2) is 0 Å². The zero-order chi connectivity index (χ0) is 6.04. The van der Waals surface area contributed by atoms with Crippen molar-refractivity contribution in [3.8, 4) is 0 Å². The molecule has 1 heterocycles. The van der Waals surface area contributed by atoms with E-state index < -0.39 is 4.81 Å². The van der Waals surface area contributed by atoms with Crippen LogP contribution in [0.5, 0.6) is 0 Å². The molecule has 0 saturated carbocycles. The zero-order valence-electron chi connectivity index (χ0n) is 4.59. The first-order valence-corrected chi connectivity index (χ1v) is 2.70. The summed E-state index contributed by atoms with van der Waals surface area (Å²) in [5.74, 6) is 0. The number of nitrogens with one attached hydrogen (secondary N) is 1. The molecule has 1 aliphatic heterocycles. The van der Waals surface area contributed by atoms with Gasteiger partial charge in [0.15, 0.2) is 0 Å². The SMILES string of the molecule is [O-][N+]1([O-])CCNCC1. The highest BCUT2D eigenvalue weighted by Gasteiger charge is 2.08. The van der Waals surface area contributed by atoms with Crippen molar-refractivity contribution in [1.29, 1.82) is 0 Å². The van der Waals surface area contributed by atoms with Gasteiger partial charge in [-0.15, -0.1) is 0 Å². The molecule has 0 amide bonds. The summed E-state index contributed by atoms with van der Waals surface area (Å²) in [4.78, 5) is -1.31. The predicted octanol–water partition coefficient (Wildman–Crippen LogP) is -0.598. The Hall–Kier alpha value is -0.160. The van der Waals surface area contributed by atoms with E-state index in [1.807, 2.05) is 0 Å². The fourth-order valence-electron chi connectivity index (χ4n) is 0.736. The summed E-state index contributed by atoms with van der Waals surface area (Å²) in [5.41, 5.74) is 0. The monoisotopic (exact) mass is 117 g/mol. The third-order valence-electron chi connectivity index (χ3n) is 1.26. The van der Waals surface area contributed by atoms with Crippen molar-refractivity contribution in [3.05, 3.63) is 10.4 Å². The number of hydrogen-bond acceptors (Lipinski definition) is 3. The van der Waals surface area contributed by atoms with E-state index in [1.54, 1.807) is 0 Å². The van der Waals surface area contributed by atoms with Crippen molar-refractivity contribution in [2.24, 2.45) is 0 Å². The highest BCUT2D eigenvalue weighted by Crippen LogP contribution is 2.00. The molecule has 0 aromatic carbocycles. The molecule has 1 N–H and O–H groups in total. The zero-order valence-corrected chi connectivity index (χ0v) is 4.59. The third-order valence-corrected chi connectivity index (χ3v) is 1.26. The normalized spacial score (nSPS) is 27.8. The Bertz CT molecular complexity index is 76.1. The van der Waals surface area contributed by atoms with Gasteiger partial charge in [-0.1, -0.05) is 0 Å². The van der Waals surface area contributed by atoms with Gasteiger partial charge in [-0.2, -0.15) is 0 Å². The van der Waals surface area contributed by atoms with Crippen LogP contribution in [-0.2, 0) is 0 Å². The summed E-state index contributed by atoms with van der Waals surface area (Å²) in [6, 6.07) is 0. The lowest BCUT2D eigenvalue weighted by molar-refractivity contribution is -0.832. The summed E-state index contributed by atoms with van der Waals surface area (Å²) < 4.78 is 0. The Morgan fingerprint density at radius 1 is 1.12 bits per heavy atom. The molecule has 0 aliphatic carbocycles. The maximum Gasteiger partial charge on any atom is 0.0908 e. The lowest BCUT2D eigenvalue weighted by Crippen LogP contribution is -2.50. The van der Waals surface area contributed by atoms with Gasteiger partial charge in [-0.3, -0.25) is 0 Å². The molecule has 1 aliphatic rings. The van der Waals surface area contributed by atoms with Gasteiger partial charge in [0.2, 0.25) is 0 Å². The molecule has 0 aromatic heterocycles. The molecule has 0 unspecified atom stereocenters. The number of quaternary nitrogens is 1. The second-order valence-corrected chi connectivity index (χ2v) is 2.01. The molecule has 1 rings (SSSR count). The number of hydrogen-bond donors (Lipinski definition) is 1. The Kier molecular flexibility index (Phi) is 1.48. The van der Waals surface area contributed by atoms with Crippen LogP contribution >= 0.6 is 0 Å². The van der Waals surface area contributed by atoms with Crippen LogP contribution in [0, 0.1) is 10.4 Å². The van der Waals surface area contributed by atoms with Gasteiger partial charge in [0.05, 0.1) is 13.1 Å². The number of piperazine rings is 1. The van der Waals surface area contributed by atoms with E-state index in [1.165, 1.54) is 0 Å². The lowest BCUT2D eigenvalue weighted by atomic mass is 10.4. The fraction of sp³-hybridized carbons (Fsp3) is 1.00. The molecular weight excluding hydrogens is 108 g/mol. The molecule has 0 radical (unpaired) electrons. The molecule has 4 heteroatoms. The van der Waals surface area contributed by atoms with E-state index in [-0.39, 0.29) is 13.1 Å². The molecule has 4 nitrogen and oxygen atoms in total. The van der Waals surface area contributed by atoms with Crippen LogP contribution in [0.3, 0.4) is 0 Å². The van der Waals surface area contributed by atoms with Gasteiger partial charge in [-0.25, -0.2) is 0 Å². The van der Waals surface area contributed by atoms with E-state index >= 15 is 0 Å². The Labute approximate surface area is 47.8 Å². The first kappa shape index (κ1) is 5.97. The molecule has 48 valence electrons. The standard InChI is InChI=1S/C4H9N2O2/c7-6(8)3-1-5-2-4-6/h5H,1-4H2/q-1. The number of hydroxylamine groups is 4. The minimum Gasteiger partial charge on any atom is -0.632 e. The predicted molar refractivity (Wildman–Crippen MR) is 29.6 cm³/mol. The van der Waals surface area contributed by atoms with Crippen LogP contribution in [0.25, 0.3) is 0 Å². The van der Waals surface area contributed by atoms with Crippen LogP contribution in [0.4, 0.5) is 0 Å². The van der Waals surface area contributed by atoms with Gasteiger partial charge in [0, 0.05) is 13.1 Å². The quantitative estimate of drug-likeness (QED) is 0.340.